The molecule has 7 heteroatoms. The van der Waals surface area contributed by atoms with E-state index in [0.717, 1.165) is 33.5 Å². The molecule has 6 nitrogen and oxygen atoms in total. The van der Waals surface area contributed by atoms with E-state index in [1.54, 1.807) is 21.7 Å². The van der Waals surface area contributed by atoms with E-state index >= 15 is 0 Å². The quantitative estimate of drug-likeness (QED) is 0.459. The van der Waals surface area contributed by atoms with Crippen LogP contribution in [0.1, 0.15) is 11.1 Å². The first kappa shape index (κ1) is 16.0. The van der Waals surface area contributed by atoms with Gasteiger partial charge < -0.3 is 0 Å². The van der Waals surface area contributed by atoms with Crippen molar-refractivity contribution in [2.75, 3.05) is 0 Å². The van der Waals surface area contributed by atoms with E-state index < -0.39 is 0 Å². The maximum absolute atomic E-state index is 6.18. The van der Waals surface area contributed by atoms with Crippen molar-refractivity contribution in [3.8, 4) is 17.1 Å². The summed E-state index contributed by atoms with van der Waals surface area (Å²) in [7, 11) is 0. The fourth-order valence-corrected chi connectivity index (χ4v) is 3.38. The molecular weight excluding hydrogens is 360 g/mol. The van der Waals surface area contributed by atoms with E-state index in [2.05, 4.69) is 34.2 Å². The monoisotopic (exact) mass is 374 g/mol. The molecular formula is C20H15ClN6. The van der Waals surface area contributed by atoms with E-state index in [9.17, 15) is 0 Å². The Balaban J connectivity index is 1.72. The third-order valence-electron chi connectivity index (χ3n) is 4.58. The molecule has 0 saturated heterocycles. The number of hydrogen-bond donors (Lipinski definition) is 0. The van der Waals surface area contributed by atoms with Gasteiger partial charge in [-0.2, -0.15) is 5.10 Å². The molecule has 5 aromatic rings. The van der Waals surface area contributed by atoms with Crippen molar-refractivity contribution >= 4 is 28.3 Å². The van der Waals surface area contributed by atoms with Gasteiger partial charge in [-0.15, -0.1) is 5.10 Å². The maximum atomic E-state index is 6.18. The van der Waals surface area contributed by atoms with Crippen LogP contribution in [0.15, 0.2) is 55.0 Å². The van der Waals surface area contributed by atoms with Crippen LogP contribution in [0.2, 0.25) is 5.02 Å². The van der Waals surface area contributed by atoms with Gasteiger partial charge in [0.2, 0.25) is 0 Å². The third kappa shape index (κ3) is 2.57. The minimum atomic E-state index is 0.657. The minimum absolute atomic E-state index is 0.657. The van der Waals surface area contributed by atoms with Crippen molar-refractivity contribution in [1.82, 2.24) is 29.4 Å². The number of fused-ring (bicyclic) bond motifs is 3. The molecule has 0 bridgehead atoms. The van der Waals surface area contributed by atoms with Gasteiger partial charge in [0.05, 0.1) is 17.3 Å². The van der Waals surface area contributed by atoms with Gasteiger partial charge in [0, 0.05) is 10.6 Å². The van der Waals surface area contributed by atoms with Crippen molar-refractivity contribution in [2.24, 2.45) is 0 Å². The zero-order chi connectivity index (χ0) is 18.5. The smallest absolute Gasteiger partial charge is 0.182 e. The number of aryl methyl sites for hydroxylation is 2. The second kappa shape index (κ2) is 5.89. The van der Waals surface area contributed by atoms with Crippen LogP contribution in [0, 0.1) is 13.8 Å². The molecule has 5 rings (SSSR count). The molecule has 0 unspecified atom stereocenters. The van der Waals surface area contributed by atoms with E-state index in [-0.39, 0.29) is 0 Å². The Labute approximate surface area is 160 Å². The van der Waals surface area contributed by atoms with E-state index in [1.807, 2.05) is 37.3 Å². The van der Waals surface area contributed by atoms with Crippen LogP contribution >= 0.6 is 11.6 Å². The Morgan fingerprint density at radius 1 is 1.00 bits per heavy atom. The molecule has 27 heavy (non-hydrogen) atoms. The van der Waals surface area contributed by atoms with Crippen molar-refractivity contribution in [3.05, 3.63) is 71.1 Å². The Bertz CT molecular complexity index is 1320. The second-order valence-electron chi connectivity index (χ2n) is 6.54. The second-order valence-corrected chi connectivity index (χ2v) is 6.98. The molecule has 0 aliphatic carbocycles. The van der Waals surface area contributed by atoms with E-state index in [1.165, 1.54) is 5.56 Å². The van der Waals surface area contributed by atoms with Crippen molar-refractivity contribution in [2.45, 2.75) is 13.8 Å². The lowest BCUT2D eigenvalue weighted by molar-refractivity contribution is 0.876. The summed E-state index contributed by atoms with van der Waals surface area (Å²) >= 11 is 6.18. The lowest BCUT2D eigenvalue weighted by Gasteiger charge is -2.07. The molecule has 2 aromatic carbocycles. The zero-order valence-corrected chi connectivity index (χ0v) is 15.5. The van der Waals surface area contributed by atoms with Gasteiger partial charge in [0.1, 0.15) is 6.33 Å². The summed E-state index contributed by atoms with van der Waals surface area (Å²) in [5, 5.41) is 10.6. The summed E-state index contributed by atoms with van der Waals surface area (Å²) in [6.07, 6.45) is 3.44. The summed E-state index contributed by atoms with van der Waals surface area (Å²) in [6, 6.07) is 13.8. The third-order valence-corrected chi connectivity index (χ3v) is 4.82. The average Bonchev–Trinajstić information content (AvgIpc) is 3.27. The van der Waals surface area contributed by atoms with Crippen LogP contribution < -0.4 is 0 Å². The fraction of sp³-hybridized carbons (Fsp3) is 0.100. The number of halogens is 1. The maximum Gasteiger partial charge on any atom is 0.182 e. The molecule has 0 saturated carbocycles. The van der Waals surface area contributed by atoms with Crippen molar-refractivity contribution in [3.63, 3.8) is 0 Å². The van der Waals surface area contributed by atoms with Gasteiger partial charge in [0.15, 0.2) is 17.1 Å². The first-order valence-corrected chi connectivity index (χ1v) is 8.90. The van der Waals surface area contributed by atoms with Gasteiger partial charge in [-0.25, -0.2) is 19.2 Å². The van der Waals surface area contributed by atoms with Crippen LogP contribution in [-0.4, -0.2) is 29.4 Å². The number of benzene rings is 2. The summed E-state index contributed by atoms with van der Waals surface area (Å²) in [6.45, 7) is 4.07. The zero-order valence-electron chi connectivity index (χ0n) is 14.8. The van der Waals surface area contributed by atoms with Gasteiger partial charge in [-0.1, -0.05) is 41.4 Å². The Kier molecular flexibility index (Phi) is 3.48. The first-order valence-electron chi connectivity index (χ1n) is 8.53. The SMILES string of the molecule is Cc1cccc(-c2nc3c4cnn(-c5cc(Cl)ccc5C)c4ncn3n2)c1. The lowest BCUT2D eigenvalue weighted by atomic mass is 10.1. The molecule has 0 radical (unpaired) electrons. The Morgan fingerprint density at radius 3 is 2.74 bits per heavy atom. The predicted molar refractivity (Wildman–Crippen MR) is 105 cm³/mol. The number of aromatic nitrogens is 6. The number of hydrogen-bond acceptors (Lipinski definition) is 4. The highest BCUT2D eigenvalue weighted by Gasteiger charge is 2.15. The summed E-state index contributed by atoms with van der Waals surface area (Å²) in [4.78, 5) is 9.29. The highest BCUT2D eigenvalue weighted by atomic mass is 35.5. The molecule has 3 heterocycles. The molecule has 0 amide bonds. The summed E-state index contributed by atoms with van der Waals surface area (Å²) in [5.74, 6) is 0.666. The van der Waals surface area contributed by atoms with Crippen LogP contribution in [0.25, 0.3) is 33.8 Å². The molecule has 0 aliphatic rings. The molecule has 132 valence electrons. The molecule has 0 atom stereocenters. The number of rotatable bonds is 2. The van der Waals surface area contributed by atoms with Gasteiger partial charge in [-0.3, -0.25) is 0 Å². The Hall–Kier alpha value is -3.25. The predicted octanol–water partition coefficient (Wildman–Crippen LogP) is 4.40. The van der Waals surface area contributed by atoms with Gasteiger partial charge in [-0.05, 0) is 37.6 Å². The molecule has 0 aliphatic heterocycles. The highest BCUT2D eigenvalue weighted by molar-refractivity contribution is 6.30. The van der Waals surface area contributed by atoms with Crippen molar-refractivity contribution < 1.29 is 0 Å². The molecule has 0 fully saturated rings. The van der Waals surface area contributed by atoms with Crippen molar-refractivity contribution in [1.29, 1.82) is 0 Å². The fourth-order valence-electron chi connectivity index (χ4n) is 3.21. The van der Waals surface area contributed by atoms with Crippen LogP contribution in [0.4, 0.5) is 0 Å². The topological polar surface area (TPSA) is 60.9 Å². The number of nitrogens with zero attached hydrogens (tertiary/aromatic N) is 6. The Morgan fingerprint density at radius 2 is 1.89 bits per heavy atom. The molecule has 3 aromatic heterocycles. The van der Waals surface area contributed by atoms with Crippen LogP contribution in [-0.2, 0) is 0 Å². The summed E-state index contributed by atoms with van der Waals surface area (Å²) in [5.41, 5.74) is 5.54. The first-order chi connectivity index (χ1) is 13.1. The van der Waals surface area contributed by atoms with Gasteiger partial charge >= 0.3 is 0 Å². The molecule has 0 N–H and O–H groups in total. The average molecular weight is 375 g/mol. The summed E-state index contributed by atoms with van der Waals surface area (Å²) < 4.78 is 3.48. The highest BCUT2D eigenvalue weighted by Crippen LogP contribution is 2.25. The van der Waals surface area contributed by atoms with Crippen LogP contribution in [0.5, 0.6) is 0 Å². The largest absolute Gasteiger partial charge is 0.216 e. The minimum Gasteiger partial charge on any atom is -0.216 e. The van der Waals surface area contributed by atoms with Crippen LogP contribution in [0.3, 0.4) is 0 Å². The lowest BCUT2D eigenvalue weighted by Crippen LogP contribution is -2.01. The van der Waals surface area contributed by atoms with E-state index in [0.29, 0.717) is 10.8 Å². The van der Waals surface area contributed by atoms with Gasteiger partial charge in [0.25, 0.3) is 0 Å². The molecule has 0 spiro atoms. The standard InChI is InChI=1S/C20H15ClN6/c1-12-4-3-5-14(8-12)18-24-20-16-10-23-27(19(16)22-11-26(20)25-18)17-9-15(21)7-6-13(17)2/h3-11H,1-2H3. The normalized spacial score (nSPS) is 11.5. The van der Waals surface area contributed by atoms with E-state index in [4.69, 9.17) is 16.6 Å².